The Morgan fingerprint density at radius 2 is 1.90 bits per heavy atom. The van der Waals surface area contributed by atoms with Crippen LogP contribution < -0.4 is 5.19 Å². The van der Waals surface area contributed by atoms with E-state index in [0.717, 1.165) is 18.0 Å². The normalized spacial score (nSPS) is 10.6. The monoisotopic (exact) mass is 307 g/mol. The maximum absolute atomic E-state index is 11.0. The highest BCUT2D eigenvalue weighted by atomic mass is 28.3. The maximum Gasteiger partial charge on any atom is 0.423 e. The fraction of sp³-hybridized carbons (Fsp3) is 0.438. The molecule has 1 radical (unpaired) electrons. The van der Waals surface area contributed by atoms with Gasteiger partial charge in [0.15, 0.2) is 0 Å². The summed E-state index contributed by atoms with van der Waals surface area (Å²) in [4.78, 5) is 11.0. The Labute approximate surface area is 128 Å². The van der Waals surface area contributed by atoms with Crippen molar-refractivity contribution in [1.29, 1.82) is 0 Å². The molecule has 1 rings (SSSR count). The van der Waals surface area contributed by atoms with Gasteiger partial charge in [-0.25, -0.2) is 4.79 Å². The zero-order chi connectivity index (χ0) is 15.5. The second kappa shape index (κ2) is 10.3. The van der Waals surface area contributed by atoms with Crippen LogP contribution in [0.25, 0.3) is 0 Å². The van der Waals surface area contributed by atoms with Crippen LogP contribution in [0.5, 0.6) is 0 Å². The third-order valence-corrected chi connectivity index (χ3v) is 4.82. The average Bonchev–Trinajstić information content (AvgIpc) is 2.51. The molecule has 4 nitrogen and oxygen atoms in total. The van der Waals surface area contributed by atoms with Crippen molar-refractivity contribution in [2.24, 2.45) is 0 Å². The molecule has 0 N–H and O–H groups in total. The summed E-state index contributed by atoms with van der Waals surface area (Å²) in [6.07, 6.45) is 2.78. The van der Waals surface area contributed by atoms with E-state index in [0.29, 0.717) is 19.8 Å². The summed E-state index contributed by atoms with van der Waals surface area (Å²) in [5.74, 6) is -0.378. The predicted octanol–water partition coefficient (Wildman–Crippen LogP) is 2.12. The summed E-state index contributed by atoms with van der Waals surface area (Å²) < 4.78 is 16.5. The van der Waals surface area contributed by atoms with Crippen LogP contribution in [0, 0.1) is 0 Å². The second-order valence-corrected chi connectivity index (χ2v) is 5.98. The molecule has 0 saturated carbocycles. The number of esters is 1. The molecule has 0 fully saturated rings. The highest BCUT2D eigenvalue weighted by Crippen LogP contribution is 2.05. The van der Waals surface area contributed by atoms with Crippen LogP contribution in [-0.4, -0.2) is 35.1 Å². The van der Waals surface area contributed by atoms with Gasteiger partial charge in [-0.1, -0.05) is 30.8 Å². The average molecular weight is 307 g/mol. The molecular weight excluding hydrogens is 284 g/mol. The lowest BCUT2D eigenvalue weighted by molar-refractivity contribution is -0.137. The van der Waals surface area contributed by atoms with E-state index in [1.165, 1.54) is 11.6 Å². The van der Waals surface area contributed by atoms with Crippen molar-refractivity contribution >= 4 is 20.4 Å². The van der Waals surface area contributed by atoms with Crippen molar-refractivity contribution in [1.82, 2.24) is 0 Å². The summed E-state index contributed by atoms with van der Waals surface area (Å²) in [5, 5.41) is 1.14. The van der Waals surface area contributed by atoms with E-state index in [4.69, 9.17) is 13.6 Å². The van der Waals surface area contributed by atoms with Gasteiger partial charge in [-0.2, -0.15) is 0 Å². The molecule has 0 bridgehead atoms. The number of rotatable bonds is 10. The number of benzene rings is 1. The largest absolute Gasteiger partial charge is 0.463 e. The van der Waals surface area contributed by atoms with Gasteiger partial charge in [-0.3, -0.25) is 0 Å². The van der Waals surface area contributed by atoms with Gasteiger partial charge in [0.25, 0.3) is 0 Å². The van der Waals surface area contributed by atoms with E-state index >= 15 is 0 Å². The zero-order valence-corrected chi connectivity index (χ0v) is 13.8. The molecule has 0 saturated heterocycles. The standard InChI is InChI=1S/C16H23O4Si/c1-4-16(17)18-13-9-11-14-10-7-8-12-15(14)21(19-5-2)20-6-3/h4,7-8,10,12H,1,5-6,9,11,13H2,2-3H3. The Bertz CT molecular complexity index is 442. The van der Waals surface area contributed by atoms with Crippen LogP contribution in [0.3, 0.4) is 0 Å². The molecule has 0 aliphatic heterocycles. The number of hydrogen-bond acceptors (Lipinski definition) is 4. The first kappa shape index (κ1) is 17.6. The molecule has 0 amide bonds. The first-order chi connectivity index (χ1) is 10.2. The minimum absolute atomic E-state index is 0.378. The van der Waals surface area contributed by atoms with Crippen molar-refractivity contribution in [3.05, 3.63) is 42.5 Å². The highest BCUT2D eigenvalue weighted by molar-refractivity contribution is 6.61. The molecule has 1 aromatic carbocycles. The first-order valence-corrected chi connectivity index (χ1v) is 8.54. The van der Waals surface area contributed by atoms with Crippen LogP contribution in [0.15, 0.2) is 36.9 Å². The van der Waals surface area contributed by atoms with Gasteiger partial charge >= 0.3 is 15.3 Å². The van der Waals surface area contributed by atoms with Gasteiger partial charge in [-0.05, 0) is 37.4 Å². The van der Waals surface area contributed by atoms with Crippen LogP contribution in [0.2, 0.25) is 0 Å². The molecule has 0 aliphatic carbocycles. The Balaban J connectivity index is 2.64. The van der Waals surface area contributed by atoms with Gasteiger partial charge in [-0.15, -0.1) is 0 Å². The lowest BCUT2D eigenvalue weighted by atomic mass is 10.1. The molecule has 5 heteroatoms. The van der Waals surface area contributed by atoms with Crippen LogP contribution in [0.1, 0.15) is 25.8 Å². The lowest BCUT2D eigenvalue weighted by Gasteiger charge is -2.17. The quantitative estimate of drug-likeness (QED) is 0.287. The third-order valence-electron chi connectivity index (χ3n) is 2.79. The van der Waals surface area contributed by atoms with Gasteiger partial charge < -0.3 is 13.6 Å². The van der Waals surface area contributed by atoms with E-state index in [1.54, 1.807) is 0 Å². The second-order valence-electron chi connectivity index (χ2n) is 4.29. The summed E-state index contributed by atoms with van der Waals surface area (Å²) in [7, 11) is -1.43. The number of ether oxygens (including phenoxy) is 1. The van der Waals surface area contributed by atoms with Crippen LogP contribution >= 0.6 is 0 Å². The number of carbonyl (C=O) groups is 1. The fourth-order valence-electron chi connectivity index (χ4n) is 1.89. The van der Waals surface area contributed by atoms with Gasteiger partial charge in [0.2, 0.25) is 0 Å². The van der Waals surface area contributed by atoms with Crippen LogP contribution in [-0.2, 0) is 24.8 Å². The number of aryl methyl sites for hydroxylation is 1. The molecule has 0 heterocycles. The summed E-state index contributed by atoms with van der Waals surface area (Å²) in [6, 6.07) is 8.14. The number of hydrogen-bond donors (Lipinski definition) is 0. The van der Waals surface area contributed by atoms with Gasteiger partial charge in [0, 0.05) is 19.3 Å². The Hall–Kier alpha value is -1.43. The molecule has 115 valence electrons. The SMILES string of the molecule is C=CC(=O)OCCCc1ccccc1[Si](OCC)OCC. The Morgan fingerprint density at radius 1 is 1.24 bits per heavy atom. The molecule has 21 heavy (non-hydrogen) atoms. The molecular formula is C16H23O4Si. The van der Waals surface area contributed by atoms with E-state index in [2.05, 4.69) is 18.7 Å². The van der Waals surface area contributed by atoms with E-state index < -0.39 is 9.28 Å². The minimum Gasteiger partial charge on any atom is -0.463 e. The first-order valence-electron chi connectivity index (χ1n) is 7.22. The maximum atomic E-state index is 11.0. The molecule has 0 aliphatic rings. The minimum atomic E-state index is -1.43. The Kier molecular flexibility index (Phi) is 8.65. The molecule has 0 atom stereocenters. The molecule has 0 spiro atoms. The topological polar surface area (TPSA) is 44.8 Å². The van der Waals surface area contributed by atoms with Gasteiger partial charge in [0.05, 0.1) is 6.61 Å². The highest BCUT2D eigenvalue weighted by Gasteiger charge is 2.21. The summed E-state index contributed by atoms with van der Waals surface area (Å²) >= 11 is 0. The third kappa shape index (κ3) is 6.24. The van der Waals surface area contributed by atoms with E-state index in [9.17, 15) is 4.79 Å². The summed E-state index contributed by atoms with van der Waals surface area (Å²) in [6.45, 7) is 8.99. The van der Waals surface area contributed by atoms with Crippen LogP contribution in [0.4, 0.5) is 0 Å². The van der Waals surface area contributed by atoms with Crippen molar-refractivity contribution in [3.8, 4) is 0 Å². The fourth-order valence-corrected chi connectivity index (χ4v) is 3.51. The molecule has 0 unspecified atom stereocenters. The smallest absolute Gasteiger partial charge is 0.423 e. The lowest BCUT2D eigenvalue weighted by Crippen LogP contribution is -2.39. The molecule has 0 aromatic heterocycles. The van der Waals surface area contributed by atoms with Crippen molar-refractivity contribution in [2.75, 3.05) is 19.8 Å². The van der Waals surface area contributed by atoms with Crippen molar-refractivity contribution in [2.45, 2.75) is 26.7 Å². The Morgan fingerprint density at radius 3 is 2.52 bits per heavy atom. The predicted molar refractivity (Wildman–Crippen MR) is 84.6 cm³/mol. The zero-order valence-electron chi connectivity index (χ0n) is 12.8. The van der Waals surface area contributed by atoms with Crippen molar-refractivity contribution in [3.63, 3.8) is 0 Å². The van der Waals surface area contributed by atoms with Crippen molar-refractivity contribution < 1.29 is 18.4 Å². The van der Waals surface area contributed by atoms with E-state index in [1.807, 2.05) is 26.0 Å². The molecule has 1 aromatic rings. The summed E-state index contributed by atoms with van der Waals surface area (Å²) in [5.41, 5.74) is 1.20. The number of carbonyl (C=O) groups excluding carboxylic acids is 1. The van der Waals surface area contributed by atoms with Gasteiger partial charge in [0.1, 0.15) is 0 Å². The van der Waals surface area contributed by atoms with E-state index in [-0.39, 0.29) is 5.97 Å².